The van der Waals surface area contributed by atoms with Crippen LogP contribution < -0.4 is 5.32 Å². The van der Waals surface area contributed by atoms with Crippen molar-refractivity contribution in [3.63, 3.8) is 0 Å². The second kappa shape index (κ2) is 7.07. The van der Waals surface area contributed by atoms with Crippen LogP contribution in [0.15, 0.2) is 23.1 Å². The van der Waals surface area contributed by atoms with E-state index in [9.17, 15) is 18.0 Å². The van der Waals surface area contributed by atoms with Crippen LogP contribution in [0.3, 0.4) is 0 Å². The molecular weight excluding hydrogens is 390 g/mol. The van der Waals surface area contributed by atoms with E-state index >= 15 is 0 Å². The Kier molecular flexibility index (Phi) is 5.26. The number of amides is 2. The highest BCUT2D eigenvalue weighted by Gasteiger charge is 2.41. The summed E-state index contributed by atoms with van der Waals surface area (Å²) in [5.74, 6) is -0.679. The maximum Gasteiger partial charge on any atom is 0.268 e. The van der Waals surface area contributed by atoms with E-state index in [1.807, 2.05) is 0 Å². The molecule has 1 aromatic rings. The first-order valence-corrected chi connectivity index (χ1v) is 10.5. The van der Waals surface area contributed by atoms with Crippen LogP contribution in [-0.2, 0) is 10.0 Å². The summed E-state index contributed by atoms with van der Waals surface area (Å²) < 4.78 is 25.9. The molecule has 0 radical (unpaired) electrons. The molecule has 2 fully saturated rings. The summed E-state index contributed by atoms with van der Waals surface area (Å²) in [5, 5.41) is 3.40. The number of hydrogen-bond donors (Lipinski definition) is 1. The molecule has 2 amide bonds. The fraction of sp³-hybridized carbons (Fsp3) is 0.556. The van der Waals surface area contributed by atoms with Gasteiger partial charge in [-0.3, -0.25) is 9.59 Å². The number of hydrogen-bond acceptors (Lipinski definition) is 5. The van der Waals surface area contributed by atoms with E-state index in [1.165, 1.54) is 12.1 Å². The Hall–Kier alpha value is -1.64. The highest BCUT2D eigenvalue weighted by molar-refractivity contribution is 7.90. The number of piperidine rings is 1. The van der Waals surface area contributed by atoms with E-state index in [2.05, 4.69) is 5.32 Å². The van der Waals surface area contributed by atoms with Crippen molar-refractivity contribution in [2.45, 2.75) is 31.1 Å². The van der Waals surface area contributed by atoms with E-state index < -0.39 is 15.9 Å². The van der Waals surface area contributed by atoms with Crippen molar-refractivity contribution < 1.29 is 18.0 Å². The summed E-state index contributed by atoms with van der Waals surface area (Å²) in [6, 6.07) is 4.39. The number of halogens is 1. The Morgan fingerprint density at radius 1 is 1.22 bits per heavy atom. The predicted molar refractivity (Wildman–Crippen MR) is 103 cm³/mol. The van der Waals surface area contributed by atoms with Crippen molar-refractivity contribution in [2.24, 2.45) is 5.41 Å². The standard InChI is InChI=1S/C18H23N3O4S.ClH/c1-2-21-17(23)14-4-3-13(11-15(14)26(21,24)25)16(22)20-9-6-18(7-10-20)5-8-19-12-18;/h3-4,11,19H,2,5-10,12H2,1H3;1H. The number of likely N-dealkylation sites (tertiary alicyclic amines) is 1. The number of fused-ring (bicyclic) bond motifs is 1. The fourth-order valence-electron chi connectivity index (χ4n) is 4.31. The summed E-state index contributed by atoms with van der Waals surface area (Å²) in [6.45, 7) is 5.13. The fourth-order valence-corrected chi connectivity index (χ4v) is 5.91. The third kappa shape index (κ3) is 3.13. The smallest absolute Gasteiger partial charge is 0.268 e. The zero-order valence-corrected chi connectivity index (χ0v) is 16.9. The molecule has 3 heterocycles. The lowest BCUT2D eigenvalue weighted by Gasteiger charge is -2.38. The Labute approximate surface area is 165 Å². The van der Waals surface area contributed by atoms with Crippen LogP contribution in [0.25, 0.3) is 0 Å². The quantitative estimate of drug-likeness (QED) is 0.793. The van der Waals surface area contributed by atoms with Crippen LogP contribution in [0.5, 0.6) is 0 Å². The van der Waals surface area contributed by atoms with Gasteiger partial charge in [0.15, 0.2) is 0 Å². The lowest BCUT2D eigenvalue weighted by atomic mass is 9.78. The Bertz CT molecular complexity index is 871. The van der Waals surface area contributed by atoms with Gasteiger partial charge in [-0.05, 0) is 56.3 Å². The lowest BCUT2D eigenvalue weighted by molar-refractivity contribution is 0.0607. The van der Waals surface area contributed by atoms with Crippen LogP contribution in [0.4, 0.5) is 0 Å². The van der Waals surface area contributed by atoms with Gasteiger partial charge < -0.3 is 10.2 Å². The molecule has 4 rings (SSSR count). The minimum absolute atomic E-state index is 0. The summed E-state index contributed by atoms with van der Waals surface area (Å²) in [7, 11) is -3.85. The molecule has 0 bridgehead atoms. The van der Waals surface area contributed by atoms with Crippen molar-refractivity contribution in [3.05, 3.63) is 29.3 Å². The summed E-state index contributed by atoms with van der Waals surface area (Å²) in [6.07, 6.45) is 3.09. The van der Waals surface area contributed by atoms with Crippen molar-refractivity contribution in [1.82, 2.24) is 14.5 Å². The maximum atomic E-state index is 12.9. The molecule has 0 aliphatic carbocycles. The van der Waals surface area contributed by atoms with Crippen LogP contribution in [0.2, 0.25) is 0 Å². The number of carbonyl (C=O) groups excluding carboxylic acids is 2. The molecule has 3 aliphatic heterocycles. The highest BCUT2D eigenvalue weighted by Crippen LogP contribution is 2.37. The minimum Gasteiger partial charge on any atom is -0.339 e. The Balaban J connectivity index is 0.00000210. The summed E-state index contributed by atoms with van der Waals surface area (Å²) in [4.78, 5) is 26.8. The summed E-state index contributed by atoms with van der Waals surface area (Å²) >= 11 is 0. The molecule has 9 heteroatoms. The molecule has 1 N–H and O–H groups in total. The normalized spacial score (nSPS) is 22.6. The number of nitrogens with one attached hydrogen (secondary N) is 1. The first kappa shape index (κ1) is 20.1. The Morgan fingerprint density at radius 2 is 1.93 bits per heavy atom. The number of benzene rings is 1. The van der Waals surface area contributed by atoms with Gasteiger partial charge in [0.25, 0.3) is 21.8 Å². The number of rotatable bonds is 2. The van der Waals surface area contributed by atoms with E-state index in [4.69, 9.17) is 0 Å². The maximum absolute atomic E-state index is 12.9. The molecule has 1 aromatic carbocycles. The molecule has 0 unspecified atom stereocenters. The monoisotopic (exact) mass is 413 g/mol. The van der Waals surface area contributed by atoms with Crippen LogP contribution in [0, 0.1) is 5.41 Å². The first-order chi connectivity index (χ1) is 12.4. The van der Waals surface area contributed by atoms with Gasteiger partial charge in [0.2, 0.25) is 0 Å². The van der Waals surface area contributed by atoms with E-state index in [-0.39, 0.29) is 35.3 Å². The van der Waals surface area contributed by atoms with E-state index in [1.54, 1.807) is 17.9 Å². The molecule has 0 saturated carbocycles. The largest absolute Gasteiger partial charge is 0.339 e. The first-order valence-electron chi connectivity index (χ1n) is 9.09. The van der Waals surface area contributed by atoms with E-state index in [0.29, 0.717) is 24.1 Å². The van der Waals surface area contributed by atoms with Crippen molar-refractivity contribution in [1.29, 1.82) is 0 Å². The SMILES string of the molecule is CCN1C(=O)c2ccc(C(=O)N3CCC4(CCNC4)CC3)cc2S1(=O)=O.Cl. The third-order valence-corrected chi connectivity index (χ3v) is 7.88. The topological polar surface area (TPSA) is 86.8 Å². The van der Waals surface area contributed by atoms with Crippen molar-refractivity contribution in [3.8, 4) is 0 Å². The van der Waals surface area contributed by atoms with E-state index in [0.717, 1.165) is 36.7 Å². The average molecular weight is 414 g/mol. The van der Waals surface area contributed by atoms with Crippen molar-refractivity contribution >= 4 is 34.2 Å². The molecule has 0 atom stereocenters. The zero-order chi connectivity index (χ0) is 18.5. The number of nitrogens with zero attached hydrogens (tertiary/aromatic N) is 2. The van der Waals surface area contributed by atoms with Crippen LogP contribution in [0.1, 0.15) is 46.9 Å². The molecule has 1 spiro atoms. The molecule has 3 aliphatic rings. The lowest BCUT2D eigenvalue weighted by Crippen LogP contribution is -2.44. The zero-order valence-electron chi connectivity index (χ0n) is 15.2. The van der Waals surface area contributed by atoms with Gasteiger partial charge in [-0.25, -0.2) is 12.7 Å². The Morgan fingerprint density at radius 3 is 2.52 bits per heavy atom. The van der Waals surface area contributed by atoms with Gasteiger partial charge >= 0.3 is 0 Å². The van der Waals surface area contributed by atoms with Gasteiger partial charge in [-0.2, -0.15) is 0 Å². The van der Waals surface area contributed by atoms with Gasteiger partial charge in [-0.15, -0.1) is 12.4 Å². The summed E-state index contributed by atoms with van der Waals surface area (Å²) in [5.41, 5.74) is 0.795. The number of carbonyl (C=O) groups is 2. The highest BCUT2D eigenvalue weighted by atomic mass is 35.5. The molecule has 2 saturated heterocycles. The second-order valence-electron chi connectivity index (χ2n) is 7.40. The third-order valence-electron chi connectivity index (χ3n) is 5.98. The van der Waals surface area contributed by atoms with Crippen molar-refractivity contribution in [2.75, 3.05) is 32.7 Å². The average Bonchev–Trinajstić information content (AvgIpc) is 3.16. The molecule has 148 valence electrons. The van der Waals surface area contributed by atoms with Gasteiger partial charge in [0, 0.05) is 31.7 Å². The molecular formula is C18H24ClN3O4S. The predicted octanol–water partition coefficient (Wildman–Crippen LogP) is 1.49. The minimum atomic E-state index is -3.85. The molecule has 7 nitrogen and oxygen atoms in total. The molecule has 27 heavy (non-hydrogen) atoms. The van der Waals surface area contributed by atoms with Gasteiger partial charge in [0.1, 0.15) is 4.90 Å². The number of sulfonamides is 1. The second-order valence-corrected chi connectivity index (χ2v) is 9.24. The van der Waals surface area contributed by atoms with Gasteiger partial charge in [-0.1, -0.05) is 0 Å². The van der Waals surface area contributed by atoms with Crippen LogP contribution >= 0.6 is 12.4 Å². The molecule has 0 aromatic heterocycles. The van der Waals surface area contributed by atoms with Gasteiger partial charge in [0.05, 0.1) is 5.56 Å². The van der Waals surface area contributed by atoms with Crippen LogP contribution in [-0.4, -0.2) is 62.2 Å².